The minimum Gasteiger partial charge on any atom is -0.462 e. The monoisotopic (exact) mass is 840 g/mol. The zero-order valence-electron chi connectivity index (χ0n) is 34.8. The van der Waals surface area contributed by atoms with Gasteiger partial charge in [0.2, 0.25) is 0 Å². The highest BCUT2D eigenvalue weighted by atomic mass is 31.2. The molecule has 1 rings (SSSR count). The fourth-order valence-electron chi connectivity index (χ4n) is 5.88. The van der Waals surface area contributed by atoms with E-state index in [4.69, 9.17) is 18.5 Å². The maximum Gasteiger partial charge on any atom is 0.472 e. The van der Waals surface area contributed by atoms with Crippen molar-refractivity contribution in [3.05, 3.63) is 72.9 Å². The van der Waals surface area contributed by atoms with E-state index >= 15 is 0 Å². The molecule has 58 heavy (non-hydrogen) atoms. The molecule has 13 nitrogen and oxygen atoms in total. The SMILES string of the molecule is CC/C=C\C/C=C\C/C=C\C/C=C\C/C=C\CC(=O)OC(COC(=O)CCCCCCC/C=C\CCCCCCC)COP(=O)(O)OC1C(O)C(O)C(O)C(O)C1O. The van der Waals surface area contributed by atoms with Gasteiger partial charge < -0.3 is 39.9 Å². The Bertz CT molecular complexity index is 1290. The molecule has 0 saturated heterocycles. The summed E-state index contributed by atoms with van der Waals surface area (Å²) in [6.07, 6.45) is 28.5. The summed E-state index contributed by atoms with van der Waals surface area (Å²) in [6, 6.07) is 0. The number of aliphatic hydroxyl groups excluding tert-OH is 5. The van der Waals surface area contributed by atoms with Crippen LogP contribution in [0.5, 0.6) is 0 Å². The maximum absolute atomic E-state index is 12.8. The van der Waals surface area contributed by atoms with Crippen LogP contribution in [0.4, 0.5) is 0 Å². The molecular formula is C44H73O13P. The number of rotatable bonds is 33. The first-order chi connectivity index (χ1) is 27.9. The lowest BCUT2D eigenvalue weighted by atomic mass is 9.85. The number of carbonyl (C=O) groups excluding carboxylic acids is 2. The van der Waals surface area contributed by atoms with Crippen LogP contribution in [-0.2, 0) is 32.7 Å². The number of hydrogen-bond acceptors (Lipinski definition) is 12. The van der Waals surface area contributed by atoms with Crippen LogP contribution in [0.3, 0.4) is 0 Å². The van der Waals surface area contributed by atoms with Gasteiger partial charge in [-0.2, -0.15) is 0 Å². The van der Waals surface area contributed by atoms with Gasteiger partial charge in [0.1, 0.15) is 43.2 Å². The molecule has 6 unspecified atom stereocenters. The average Bonchev–Trinajstić information content (AvgIpc) is 3.20. The van der Waals surface area contributed by atoms with Crippen molar-refractivity contribution in [2.75, 3.05) is 13.2 Å². The highest BCUT2D eigenvalue weighted by molar-refractivity contribution is 7.47. The molecule has 0 aliphatic heterocycles. The summed E-state index contributed by atoms with van der Waals surface area (Å²) in [7, 11) is -5.14. The lowest BCUT2D eigenvalue weighted by Gasteiger charge is -2.41. The molecule has 1 fully saturated rings. The molecule has 0 spiro atoms. The van der Waals surface area contributed by atoms with Gasteiger partial charge in [-0.05, 0) is 64.2 Å². The summed E-state index contributed by atoms with van der Waals surface area (Å²) in [4.78, 5) is 35.5. The molecule has 0 aromatic carbocycles. The van der Waals surface area contributed by atoms with Crippen molar-refractivity contribution in [1.82, 2.24) is 0 Å². The van der Waals surface area contributed by atoms with E-state index in [1.807, 2.05) is 12.2 Å². The van der Waals surface area contributed by atoms with Gasteiger partial charge in [0.25, 0.3) is 0 Å². The van der Waals surface area contributed by atoms with Crippen LogP contribution in [0.1, 0.15) is 136 Å². The molecule has 1 aliphatic rings. The van der Waals surface area contributed by atoms with Crippen LogP contribution in [0.2, 0.25) is 0 Å². The molecule has 1 aliphatic carbocycles. The quantitative estimate of drug-likeness (QED) is 0.0163. The Morgan fingerprint density at radius 3 is 1.57 bits per heavy atom. The Labute approximate surface area is 346 Å². The maximum atomic E-state index is 12.8. The van der Waals surface area contributed by atoms with Crippen LogP contribution in [0.15, 0.2) is 72.9 Å². The molecule has 6 N–H and O–H groups in total. The Hall–Kier alpha value is -2.71. The largest absolute Gasteiger partial charge is 0.472 e. The summed E-state index contributed by atoms with van der Waals surface area (Å²) in [5, 5.41) is 50.0. The van der Waals surface area contributed by atoms with E-state index < -0.39 is 75.7 Å². The zero-order chi connectivity index (χ0) is 42.9. The van der Waals surface area contributed by atoms with Crippen LogP contribution in [0, 0.1) is 0 Å². The van der Waals surface area contributed by atoms with Gasteiger partial charge in [-0.25, -0.2) is 4.57 Å². The van der Waals surface area contributed by atoms with Gasteiger partial charge in [0.15, 0.2) is 6.10 Å². The number of unbranched alkanes of at least 4 members (excludes halogenated alkanes) is 10. The zero-order valence-corrected chi connectivity index (χ0v) is 35.7. The highest BCUT2D eigenvalue weighted by Gasteiger charge is 2.51. The number of aliphatic hydroxyl groups is 5. The first-order valence-corrected chi connectivity index (χ1v) is 22.7. The summed E-state index contributed by atoms with van der Waals surface area (Å²) < 4.78 is 33.3. The van der Waals surface area contributed by atoms with Crippen molar-refractivity contribution in [3.8, 4) is 0 Å². The first-order valence-electron chi connectivity index (χ1n) is 21.2. The number of hydrogen-bond donors (Lipinski definition) is 6. The normalized spacial score (nSPS) is 23.2. The third-order valence-electron chi connectivity index (χ3n) is 9.31. The number of esters is 2. The smallest absolute Gasteiger partial charge is 0.462 e. The standard InChI is InChI=1S/C44H73O13P/c1-3-5-7-9-11-13-15-17-19-21-23-25-27-29-31-33-38(46)56-36(35-55-58(52,53)57-44-42(50)40(48)39(47)41(49)43(44)51)34-54-37(45)32-30-28-26-24-22-20-18-16-14-12-10-8-6-4-2/h5,7,11,13,16-19,23,25,29,31,36,39-44,47-51H,3-4,6,8-10,12,14-15,20-22,24,26-28,30,32-35H2,1-2H3,(H,52,53)/b7-5-,13-11-,18-16-,19-17-,25-23-,31-29-. The van der Waals surface area contributed by atoms with Crippen molar-refractivity contribution in [2.24, 2.45) is 0 Å². The molecular weight excluding hydrogens is 767 g/mol. The van der Waals surface area contributed by atoms with Crippen LogP contribution < -0.4 is 0 Å². The van der Waals surface area contributed by atoms with Crippen LogP contribution in [0.25, 0.3) is 0 Å². The van der Waals surface area contributed by atoms with E-state index in [1.54, 1.807) is 12.2 Å². The van der Waals surface area contributed by atoms with Gasteiger partial charge in [-0.15, -0.1) is 0 Å². The van der Waals surface area contributed by atoms with E-state index in [-0.39, 0.29) is 12.8 Å². The topological polar surface area (TPSA) is 210 Å². The van der Waals surface area contributed by atoms with Crippen LogP contribution >= 0.6 is 7.82 Å². The Balaban J connectivity index is 2.58. The summed E-state index contributed by atoms with van der Waals surface area (Å²) >= 11 is 0. The predicted molar refractivity (Wildman–Crippen MR) is 225 cm³/mol. The lowest BCUT2D eigenvalue weighted by Crippen LogP contribution is -2.64. The van der Waals surface area contributed by atoms with Crippen molar-refractivity contribution in [3.63, 3.8) is 0 Å². The van der Waals surface area contributed by atoms with Crippen molar-refractivity contribution in [2.45, 2.75) is 179 Å². The second-order valence-electron chi connectivity index (χ2n) is 14.5. The molecule has 14 heteroatoms. The molecule has 332 valence electrons. The Morgan fingerprint density at radius 2 is 1.03 bits per heavy atom. The van der Waals surface area contributed by atoms with E-state index in [9.17, 15) is 44.6 Å². The molecule has 0 aromatic rings. The van der Waals surface area contributed by atoms with E-state index in [2.05, 4.69) is 62.5 Å². The fourth-order valence-corrected chi connectivity index (χ4v) is 6.86. The fraction of sp³-hybridized carbons (Fsp3) is 0.682. The third-order valence-corrected chi connectivity index (χ3v) is 10.3. The number of carbonyl (C=O) groups is 2. The van der Waals surface area contributed by atoms with E-state index in [0.717, 1.165) is 64.2 Å². The first kappa shape index (κ1) is 53.3. The third kappa shape index (κ3) is 26.4. The Morgan fingerprint density at radius 1 is 0.569 bits per heavy atom. The van der Waals surface area contributed by atoms with Gasteiger partial charge in [0, 0.05) is 6.42 Å². The summed E-state index contributed by atoms with van der Waals surface area (Å²) in [5.74, 6) is -1.26. The molecule has 0 radical (unpaired) electrons. The highest BCUT2D eigenvalue weighted by Crippen LogP contribution is 2.47. The van der Waals surface area contributed by atoms with Gasteiger partial charge in [-0.1, -0.05) is 132 Å². The predicted octanol–water partition coefficient (Wildman–Crippen LogP) is 7.55. The van der Waals surface area contributed by atoms with Crippen LogP contribution in [-0.4, -0.2) is 98.3 Å². The van der Waals surface area contributed by atoms with Crippen molar-refractivity contribution < 1.29 is 63.1 Å². The minimum absolute atomic E-state index is 0.134. The van der Waals surface area contributed by atoms with Gasteiger partial charge in [-0.3, -0.25) is 18.6 Å². The van der Waals surface area contributed by atoms with Crippen molar-refractivity contribution in [1.29, 1.82) is 0 Å². The number of allylic oxidation sites excluding steroid dienone is 11. The number of phosphoric acid groups is 1. The number of ether oxygens (including phenoxy) is 2. The molecule has 0 bridgehead atoms. The average molecular weight is 841 g/mol. The summed E-state index contributed by atoms with van der Waals surface area (Å²) in [5.41, 5.74) is 0. The van der Waals surface area contributed by atoms with Gasteiger partial charge >= 0.3 is 19.8 Å². The van der Waals surface area contributed by atoms with E-state index in [1.165, 1.54) is 32.1 Å². The molecule has 0 aromatic heterocycles. The Kier molecular flexibility index (Phi) is 31.3. The second kappa shape index (κ2) is 34.0. The second-order valence-corrected chi connectivity index (χ2v) is 15.9. The molecule has 1 saturated carbocycles. The van der Waals surface area contributed by atoms with E-state index in [0.29, 0.717) is 12.8 Å². The minimum atomic E-state index is -5.14. The summed E-state index contributed by atoms with van der Waals surface area (Å²) in [6.45, 7) is 3.05. The number of phosphoric ester groups is 1. The van der Waals surface area contributed by atoms with Crippen molar-refractivity contribution >= 4 is 19.8 Å². The molecule has 0 heterocycles. The molecule has 6 atom stereocenters. The lowest BCUT2D eigenvalue weighted by molar-refractivity contribution is -0.220. The van der Waals surface area contributed by atoms with Gasteiger partial charge in [0.05, 0.1) is 13.0 Å². The molecule has 0 amide bonds.